The first-order chi connectivity index (χ1) is 8.54. The van der Waals surface area contributed by atoms with Crippen LogP contribution < -0.4 is 5.73 Å². The van der Waals surface area contributed by atoms with Crippen LogP contribution in [0.4, 0.5) is 0 Å². The van der Waals surface area contributed by atoms with Crippen molar-refractivity contribution >= 4 is 0 Å². The molecule has 2 N–H and O–H groups in total. The predicted molar refractivity (Wildman–Crippen MR) is 72.6 cm³/mol. The van der Waals surface area contributed by atoms with Gasteiger partial charge in [0.2, 0.25) is 0 Å². The molecule has 1 aliphatic carbocycles. The van der Waals surface area contributed by atoms with E-state index in [1.165, 1.54) is 19.3 Å². The maximum absolute atomic E-state index is 6.00. The first-order valence-corrected chi connectivity index (χ1v) is 7.19. The SMILES string of the molecule is COC1CCCC(N2CC(CN)OC(C)(C)C2)C1. The Hall–Kier alpha value is -0.160. The molecule has 3 unspecified atom stereocenters. The van der Waals surface area contributed by atoms with Gasteiger partial charge in [-0.2, -0.15) is 0 Å². The van der Waals surface area contributed by atoms with Gasteiger partial charge in [-0.1, -0.05) is 0 Å². The van der Waals surface area contributed by atoms with Crippen molar-refractivity contribution in [1.82, 2.24) is 4.90 Å². The molecule has 0 aromatic carbocycles. The lowest BCUT2D eigenvalue weighted by atomic mass is 9.90. The lowest BCUT2D eigenvalue weighted by Crippen LogP contribution is -2.58. The zero-order valence-corrected chi connectivity index (χ0v) is 12.0. The van der Waals surface area contributed by atoms with Gasteiger partial charge in [-0.3, -0.25) is 4.90 Å². The highest BCUT2D eigenvalue weighted by molar-refractivity contribution is 4.90. The van der Waals surface area contributed by atoms with Gasteiger partial charge in [0.05, 0.1) is 17.8 Å². The van der Waals surface area contributed by atoms with Crippen molar-refractivity contribution in [3.63, 3.8) is 0 Å². The van der Waals surface area contributed by atoms with Gasteiger partial charge in [0.1, 0.15) is 0 Å². The Bertz CT molecular complexity index is 271. The van der Waals surface area contributed by atoms with Gasteiger partial charge in [-0.05, 0) is 39.5 Å². The van der Waals surface area contributed by atoms with Crippen LogP contribution in [0.3, 0.4) is 0 Å². The average molecular weight is 256 g/mol. The van der Waals surface area contributed by atoms with Crippen LogP contribution in [0.2, 0.25) is 0 Å². The fourth-order valence-corrected chi connectivity index (χ4v) is 3.41. The van der Waals surface area contributed by atoms with E-state index in [-0.39, 0.29) is 11.7 Å². The molecule has 0 spiro atoms. The van der Waals surface area contributed by atoms with Crippen molar-refractivity contribution in [2.24, 2.45) is 5.73 Å². The molecule has 106 valence electrons. The summed E-state index contributed by atoms with van der Waals surface area (Å²) in [5, 5.41) is 0. The van der Waals surface area contributed by atoms with Crippen molar-refractivity contribution in [1.29, 1.82) is 0 Å². The Morgan fingerprint density at radius 1 is 1.39 bits per heavy atom. The molecule has 4 heteroatoms. The summed E-state index contributed by atoms with van der Waals surface area (Å²) in [5.41, 5.74) is 5.71. The molecule has 1 aliphatic heterocycles. The second-order valence-electron chi connectivity index (χ2n) is 6.34. The third-order valence-electron chi connectivity index (χ3n) is 4.22. The van der Waals surface area contributed by atoms with Crippen LogP contribution in [0.15, 0.2) is 0 Å². The third-order valence-corrected chi connectivity index (χ3v) is 4.22. The number of hydrogen-bond acceptors (Lipinski definition) is 4. The molecular weight excluding hydrogens is 228 g/mol. The molecule has 0 radical (unpaired) electrons. The van der Waals surface area contributed by atoms with Gasteiger partial charge >= 0.3 is 0 Å². The molecule has 0 aromatic rings. The van der Waals surface area contributed by atoms with E-state index >= 15 is 0 Å². The molecule has 1 saturated carbocycles. The molecular formula is C14H28N2O2. The van der Waals surface area contributed by atoms with Crippen molar-refractivity contribution in [3.05, 3.63) is 0 Å². The highest BCUT2D eigenvalue weighted by atomic mass is 16.5. The zero-order valence-electron chi connectivity index (χ0n) is 12.0. The molecule has 2 fully saturated rings. The van der Waals surface area contributed by atoms with Crippen LogP contribution in [-0.4, -0.2) is 55.5 Å². The third kappa shape index (κ3) is 3.44. The van der Waals surface area contributed by atoms with E-state index in [0.29, 0.717) is 18.7 Å². The molecule has 18 heavy (non-hydrogen) atoms. The number of methoxy groups -OCH3 is 1. The summed E-state index contributed by atoms with van der Waals surface area (Å²) >= 11 is 0. The summed E-state index contributed by atoms with van der Waals surface area (Å²) in [6.07, 6.45) is 5.54. The highest BCUT2D eigenvalue weighted by Gasteiger charge is 2.37. The molecule has 2 rings (SSSR count). The van der Waals surface area contributed by atoms with Gasteiger partial charge in [0.25, 0.3) is 0 Å². The fourth-order valence-electron chi connectivity index (χ4n) is 3.41. The Morgan fingerprint density at radius 2 is 2.17 bits per heavy atom. The summed E-state index contributed by atoms with van der Waals surface area (Å²) < 4.78 is 11.5. The number of rotatable bonds is 3. The topological polar surface area (TPSA) is 47.7 Å². The molecule has 0 bridgehead atoms. The maximum atomic E-state index is 6.00. The van der Waals surface area contributed by atoms with E-state index in [0.717, 1.165) is 19.5 Å². The predicted octanol–water partition coefficient (Wildman–Crippen LogP) is 1.38. The second-order valence-corrected chi connectivity index (χ2v) is 6.34. The number of nitrogens with two attached hydrogens (primary N) is 1. The van der Waals surface area contributed by atoms with Gasteiger partial charge in [0.15, 0.2) is 0 Å². The van der Waals surface area contributed by atoms with E-state index in [1.807, 2.05) is 7.11 Å². The lowest BCUT2D eigenvalue weighted by Gasteiger charge is -2.47. The zero-order chi connectivity index (χ0) is 13.2. The molecule has 3 atom stereocenters. The van der Waals surface area contributed by atoms with E-state index < -0.39 is 0 Å². The largest absolute Gasteiger partial charge is 0.381 e. The quantitative estimate of drug-likeness (QED) is 0.829. The summed E-state index contributed by atoms with van der Waals surface area (Å²) in [6.45, 7) is 6.92. The average Bonchev–Trinajstić information content (AvgIpc) is 2.37. The van der Waals surface area contributed by atoms with Gasteiger partial charge in [-0.15, -0.1) is 0 Å². The van der Waals surface area contributed by atoms with Gasteiger partial charge in [-0.25, -0.2) is 0 Å². The van der Waals surface area contributed by atoms with Crippen LogP contribution in [0.1, 0.15) is 39.5 Å². The maximum Gasteiger partial charge on any atom is 0.0831 e. The van der Waals surface area contributed by atoms with Crippen LogP contribution in [0, 0.1) is 0 Å². The van der Waals surface area contributed by atoms with Crippen molar-refractivity contribution in [2.75, 3.05) is 26.7 Å². The van der Waals surface area contributed by atoms with E-state index in [1.54, 1.807) is 0 Å². The van der Waals surface area contributed by atoms with Crippen LogP contribution in [0.5, 0.6) is 0 Å². The first kappa shape index (κ1) is 14.3. The lowest BCUT2D eigenvalue weighted by molar-refractivity contribution is -0.146. The van der Waals surface area contributed by atoms with Crippen LogP contribution in [0.25, 0.3) is 0 Å². The minimum Gasteiger partial charge on any atom is -0.381 e. The molecule has 0 aromatic heterocycles. The summed E-state index contributed by atoms with van der Waals surface area (Å²) in [7, 11) is 1.83. The highest BCUT2D eigenvalue weighted by Crippen LogP contribution is 2.29. The molecule has 1 saturated heterocycles. The van der Waals surface area contributed by atoms with E-state index in [9.17, 15) is 0 Å². The van der Waals surface area contributed by atoms with Crippen LogP contribution in [-0.2, 0) is 9.47 Å². The van der Waals surface area contributed by atoms with Crippen molar-refractivity contribution in [2.45, 2.75) is 63.4 Å². The first-order valence-electron chi connectivity index (χ1n) is 7.19. The summed E-state index contributed by atoms with van der Waals surface area (Å²) in [4.78, 5) is 2.58. The van der Waals surface area contributed by atoms with Crippen LogP contribution >= 0.6 is 0 Å². The number of hydrogen-bond donors (Lipinski definition) is 1. The normalized spacial score (nSPS) is 37.7. The molecule has 0 amide bonds. The van der Waals surface area contributed by atoms with Gasteiger partial charge in [0, 0.05) is 32.8 Å². The molecule has 4 nitrogen and oxygen atoms in total. The van der Waals surface area contributed by atoms with Crippen molar-refractivity contribution < 1.29 is 9.47 Å². The molecule has 2 aliphatic rings. The Morgan fingerprint density at radius 3 is 2.83 bits per heavy atom. The smallest absolute Gasteiger partial charge is 0.0831 e. The summed E-state index contributed by atoms with van der Waals surface area (Å²) in [5.74, 6) is 0. The Labute approximate surface area is 111 Å². The monoisotopic (exact) mass is 256 g/mol. The standard InChI is InChI=1S/C14H28N2O2/c1-14(2)10-16(9-13(8-15)18-14)11-5-4-6-12(7-11)17-3/h11-13H,4-10,15H2,1-3H3. The Kier molecular flexibility index (Phi) is 4.64. The summed E-state index contributed by atoms with van der Waals surface area (Å²) in [6, 6.07) is 0.640. The van der Waals surface area contributed by atoms with Crippen molar-refractivity contribution in [3.8, 4) is 0 Å². The van der Waals surface area contributed by atoms with E-state index in [2.05, 4.69) is 18.7 Å². The Balaban J connectivity index is 1.98. The minimum atomic E-state index is -0.0810. The fraction of sp³-hybridized carbons (Fsp3) is 1.00. The van der Waals surface area contributed by atoms with E-state index in [4.69, 9.17) is 15.2 Å². The number of nitrogens with zero attached hydrogens (tertiary/aromatic N) is 1. The second kappa shape index (κ2) is 5.87. The van der Waals surface area contributed by atoms with Gasteiger partial charge < -0.3 is 15.2 Å². The number of ether oxygens (including phenoxy) is 2. The molecule has 1 heterocycles. The number of morpholine rings is 1. The minimum absolute atomic E-state index is 0.0810.